The Hall–Kier alpha value is -0.200. The van der Waals surface area contributed by atoms with Crippen molar-refractivity contribution in [1.82, 2.24) is 0 Å². The van der Waals surface area contributed by atoms with Crippen molar-refractivity contribution < 1.29 is 0 Å². The van der Waals surface area contributed by atoms with Crippen LogP contribution in [0.4, 0.5) is 0 Å². The van der Waals surface area contributed by atoms with Gasteiger partial charge in [0.25, 0.3) is 0 Å². The first-order chi connectivity index (χ1) is 5.29. The molecule has 2 heteroatoms. The van der Waals surface area contributed by atoms with Gasteiger partial charge in [-0.1, -0.05) is 23.7 Å². The van der Waals surface area contributed by atoms with Gasteiger partial charge >= 0.3 is 0 Å². The van der Waals surface area contributed by atoms with Crippen molar-refractivity contribution in [2.24, 2.45) is 0 Å². The van der Waals surface area contributed by atoms with Crippen LogP contribution in [0.1, 0.15) is 22.9 Å². The van der Waals surface area contributed by atoms with E-state index in [1.807, 2.05) is 12.1 Å². The molecule has 1 aliphatic rings. The van der Waals surface area contributed by atoms with Crippen LogP contribution in [-0.2, 0) is 6.42 Å². The first-order valence-electron chi connectivity index (χ1n) is 3.70. The molecule has 0 nitrogen and oxygen atoms in total. The van der Waals surface area contributed by atoms with Crippen molar-refractivity contribution in [2.45, 2.75) is 18.2 Å². The van der Waals surface area contributed by atoms with Crippen LogP contribution in [0.25, 0.3) is 0 Å². The molecule has 0 saturated heterocycles. The van der Waals surface area contributed by atoms with Gasteiger partial charge in [0.2, 0.25) is 0 Å². The van der Waals surface area contributed by atoms with E-state index in [2.05, 4.69) is 6.07 Å². The predicted octanol–water partition coefficient (Wildman–Crippen LogP) is 3.57. The smallest absolute Gasteiger partial charge is 0.0591 e. The Morgan fingerprint density at radius 2 is 2.18 bits per heavy atom. The highest BCUT2D eigenvalue weighted by Gasteiger charge is 2.21. The molecule has 1 atom stereocenters. The van der Waals surface area contributed by atoms with Gasteiger partial charge < -0.3 is 0 Å². The largest absolute Gasteiger partial charge is 0.118 e. The molecule has 0 N–H and O–H groups in total. The second-order valence-electron chi connectivity index (χ2n) is 2.81. The number of halogens is 2. The Morgan fingerprint density at radius 1 is 1.36 bits per heavy atom. The van der Waals surface area contributed by atoms with E-state index in [0.29, 0.717) is 0 Å². The maximum Gasteiger partial charge on any atom is 0.0591 e. The molecule has 0 fully saturated rings. The summed E-state index contributed by atoms with van der Waals surface area (Å²) in [6, 6.07) is 5.95. The highest BCUT2D eigenvalue weighted by Crippen LogP contribution is 2.38. The SMILES string of the molecule is Clc1cccc2c1CCC2Cl. The zero-order valence-electron chi connectivity index (χ0n) is 5.98. The zero-order valence-corrected chi connectivity index (χ0v) is 7.49. The standard InChI is InChI=1S/C9H8Cl2/c10-8-3-1-2-6-7(8)4-5-9(6)11/h1-3,9H,4-5H2. The molecule has 0 radical (unpaired) electrons. The van der Waals surface area contributed by atoms with Gasteiger partial charge in [-0.3, -0.25) is 0 Å². The van der Waals surface area contributed by atoms with Gasteiger partial charge in [-0.05, 0) is 30.0 Å². The number of hydrogen-bond donors (Lipinski definition) is 0. The van der Waals surface area contributed by atoms with Crippen LogP contribution >= 0.6 is 23.2 Å². The lowest BCUT2D eigenvalue weighted by Gasteiger charge is -2.02. The molecule has 0 bridgehead atoms. The second-order valence-corrected chi connectivity index (χ2v) is 3.75. The summed E-state index contributed by atoms with van der Waals surface area (Å²) in [6.07, 6.45) is 2.06. The van der Waals surface area contributed by atoms with Crippen LogP contribution in [-0.4, -0.2) is 0 Å². The normalized spacial score (nSPS) is 21.8. The minimum Gasteiger partial charge on any atom is -0.118 e. The molecule has 0 amide bonds. The Kier molecular flexibility index (Phi) is 1.82. The van der Waals surface area contributed by atoms with E-state index in [-0.39, 0.29) is 5.38 Å². The van der Waals surface area contributed by atoms with Crippen molar-refractivity contribution in [3.63, 3.8) is 0 Å². The molecule has 1 unspecified atom stereocenters. The lowest BCUT2D eigenvalue weighted by molar-refractivity contribution is 0.882. The fourth-order valence-electron chi connectivity index (χ4n) is 1.56. The number of fused-ring (bicyclic) bond motifs is 1. The highest BCUT2D eigenvalue weighted by atomic mass is 35.5. The maximum absolute atomic E-state index is 6.06. The Balaban J connectivity index is 2.57. The summed E-state index contributed by atoms with van der Waals surface area (Å²) in [4.78, 5) is 0. The minimum absolute atomic E-state index is 0.184. The van der Waals surface area contributed by atoms with Gasteiger partial charge in [0.1, 0.15) is 0 Å². The third kappa shape index (κ3) is 1.15. The van der Waals surface area contributed by atoms with Crippen LogP contribution in [0.2, 0.25) is 5.02 Å². The highest BCUT2D eigenvalue weighted by molar-refractivity contribution is 6.31. The summed E-state index contributed by atoms with van der Waals surface area (Å²) in [7, 11) is 0. The minimum atomic E-state index is 0.184. The van der Waals surface area contributed by atoms with E-state index in [1.54, 1.807) is 0 Å². The third-order valence-electron chi connectivity index (χ3n) is 2.14. The fraction of sp³-hybridized carbons (Fsp3) is 0.333. The molecule has 1 aliphatic carbocycles. The molecule has 2 rings (SSSR count). The molecule has 0 aromatic heterocycles. The zero-order chi connectivity index (χ0) is 7.84. The Morgan fingerprint density at radius 3 is 2.91 bits per heavy atom. The molecular formula is C9H8Cl2. The first kappa shape index (κ1) is 7.45. The van der Waals surface area contributed by atoms with Crippen LogP contribution in [0.15, 0.2) is 18.2 Å². The van der Waals surface area contributed by atoms with E-state index >= 15 is 0 Å². The molecule has 0 heterocycles. The lowest BCUT2D eigenvalue weighted by atomic mass is 10.1. The summed E-state index contributed by atoms with van der Waals surface area (Å²) in [5, 5.41) is 1.05. The van der Waals surface area contributed by atoms with Crippen LogP contribution < -0.4 is 0 Å². The van der Waals surface area contributed by atoms with Gasteiger partial charge in [-0.25, -0.2) is 0 Å². The molecule has 11 heavy (non-hydrogen) atoms. The van der Waals surface area contributed by atoms with Crippen LogP contribution in [0, 0.1) is 0 Å². The van der Waals surface area contributed by atoms with E-state index in [4.69, 9.17) is 23.2 Å². The lowest BCUT2D eigenvalue weighted by Crippen LogP contribution is -1.83. The fourth-order valence-corrected chi connectivity index (χ4v) is 2.15. The van der Waals surface area contributed by atoms with Crippen LogP contribution in [0.5, 0.6) is 0 Å². The van der Waals surface area contributed by atoms with E-state index in [9.17, 15) is 0 Å². The average Bonchev–Trinajstić information content (AvgIpc) is 2.35. The second kappa shape index (κ2) is 2.69. The van der Waals surface area contributed by atoms with Crippen molar-refractivity contribution in [2.75, 3.05) is 0 Å². The predicted molar refractivity (Wildman–Crippen MR) is 48.4 cm³/mol. The molecule has 1 aromatic carbocycles. The summed E-state index contributed by atoms with van der Waals surface area (Å²) in [5.41, 5.74) is 2.47. The first-order valence-corrected chi connectivity index (χ1v) is 4.52. The van der Waals surface area contributed by atoms with Gasteiger partial charge in [0.15, 0.2) is 0 Å². The Bertz CT molecular complexity index is 281. The average molecular weight is 187 g/mol. The number of hydrogen-bond acceptors (Lipinski definition) is 0. The summed E-state index contributed by atoms with van der Waals surface area (Å²) >= 11 is 12.0. The van der Waals surface area contributed by atoms with Crippen molar-refractivity contribution in [3.05, 3.63) is 34.3 Å². The van der Waals surface area contributed by atoms with Crippen LogP contribution in [0.3, 0.4) is 0 Å². The summed E-state index contributed by atoms with van der Waals surface area (Å²) in [5.74, 6) is 0. The summed E-state index contributed by atoms with van der Waals surface area (Å²) in [6.45, 7) is 0. The van der Waals surface area contributed by atoms with E-state index in [0.717, 1.165) is 17.9 Å². The Labute approximate surface area is 76.1 Å². The number of benzene rings is 1. The van der Waals surface area contributed by atoms with Gasteiger partial charge in [-0.15, -0.1) is 11.6 Å². The molecule has 1 aromatic rings. The maximum atomic E-state index is 6.06. The molecule has 0 aliphatic heterocycles. The number of rotatable bonds is 0. The topological polar surface area (TPSA) is 0 Å². The van der Waals surface area contributed by atoms with Gasteiger partial charge in [0.05, 0.1) is 5.38 Å². The van der Waals surface area contributed by atoms with Crippen molar-refractivity contribution in [1.29, 1.82) is 0 Å². The third-order valence-corrected chi connectivity index (χ3v) is 2.95. The molecule has 0 saturated carbocycles. The molecule has 0 spiro atoms. The van der Waals surface area contributed by atoms with Crippen molar-refractivity contribution in [3.8, 4) is 0 Å². The quantitative estimate of drug-likeness (QED) is 0.544. The monoisotopic (exact) mass is 186 g/mol. The van der Waals surface area contributed by atoms with Crippen molar-refractivity contribution >= 4 is 23.2 Å². The summed E-state index contributed by atoms with van der Waals surface area (Å²) < 4.78 is 0. The molecular weight excluding hydrogens is 179 g/mol. The van der Waals surface area contributed by atoms with E-state index < -0.39 is 0 Å². The van der Waals surface area contributed by atoms with Gasteiger partial charge in [-0.2, -0.15) is 0 Å². The van der Waals surface area contributed by atoms with E-state index in [1.165, 1.54) is 11.1 Å². The van der Waals surface area contributed by atoms with Gasteiger partial charge in [0, 0.05) is 5.02 Å². The molecule has 58 valence electrons. The number of alkyl halides is 1.